The van der Waals surface area contributed by atoms with E-state index in [1.165, 1.54) is 22.8 Å². The molecule has 1 aliphatic rings. The number of hydrogen-bond donors (Lipinski definition) is 0. The maximum atomic E-state index is 13.8. The number of hydrogen-bond acceptors (Lipinski definition) is 8. The number of ether oxygens (including phenoxy) is 2. The quantitative estimate of drug-likeness (QED) is 0.243. The van der Waals surface area contributed by atoms with Gasteiger partial charge in [-0.05, 0) is 57.5 Å². The molecule has 0 amide bonds. The molecule has 0 N–H and O–H groups in total. The fraction of sp³-hybridized carbons (Fsp3) is 0.226. The molecule has 1 aliphatic heterocycles. The summed E-state index contributed by atoms with van der Waals surface area (Å²) in [5, 5.41) is 0. The van der Waals surface area contributed by atoms with Gasteiger partial charge in [0.05, 0.1) is 35.1 Å². The summed E-state index contributed by atoms with van der Waals surface area (Å²) in [4.78, 5) is 43.7. The van der Waals surface area contributed by atoms with Gasteiger partial charge in [-0.2, -0.15) is 0 Å². The topological polar surface area (TPSA) is 100 Å². The van der Waals surface area contributed by atoms with Gasteiger partial charge in [0.1, 0.15) is 17.3 Å². The zero-order chi connectivity index (χ0) is 28.6. The van der Waals surface area contributed by atoms with E-state index in [1.807, 2.05) is 30.3 Å². The van der Waals surface area contributed by atoms with Crippen molar-refractivity contribution in [2.24, 2.45) is 4.99 Å². The summed E-state index contributed by atoms with van der Waals surface area (Å²) in [6.07, 6.45) is 1.34. The minimum atomic E-state index is -0.720. The third-order valence-corrected chi connectivity index (χ3v) is 7.47. The number of rotatable bonds is 7. The van der Waals surface area contributed by atoms with Gasteiger partial charge >= 0.3 is 5.97 Å². The monoisotopic (exact) mass is 556 g/mol. The third-order valence-electron chi connectivity index (χ3n) is 6.49. The number of esters is 1. The summed E-state index contributed by atoms with van der Waals surface area (Å²) in [5.74, 6) is 1.24. The molecular weight excluding hydrogens is 528 g/mol. The Morgan fingerprint density at radius 3 is 2.38 bits per heavy atom. The van der Waals surface area contributed by atoms with Crippen LogP contribution < -0.4 is 19.6 Å². The van der Waals surface area contributed by atoms with E-state index in [4.69, 9.17) is 13.9 Å². The van der Waals surface area contributed by atoms with E-state index in [2.05, 4.69) is 4.99 Å². The number of carbonyl (C=O) groups excluding carboxylic acids is 2. The zero-order valence-corrected chi connectivity index (χ0v) is 23.6. The average Bonchev–Trinajstić information content (AvgIpc) is 3.52. The second-order valence-electron chi connectivity index (χ2n) is 9.64. The molecule has 2 aromatic heterocycles. The van der Waals surface area contributed by atoms with Crippen LogP contribution in [0.25, 0.3) is 17.4 Å². The van der Waals surface area contributed by atoms with E-state index in [1.54, 1.807) is 64.3 Å². The molecule has 2 aromatic carbocycles. The first-order valence-electron chi connectivity index (χ1n) is 12.7. The molecule has 9 heteroatoms. The molecule has 0 saturated carbocycles. The number of furan rings is 1. The van der Waals surface area contributed by atoms with Crippen LogP contribution in [0.3, 0.4) is 0 Å². The van der Waals surface area contributed by atoms with Crippen molar-refractivity contribution in [3.8, 4) is 17.1 Å². The highest BCUT2D eigenvalue weighted by atomic mass is 32.1. The molecule has 8 nitrogen and oxygen atoms in total. The third kappa shape index (κ3) is 5.20. The molecule has 4 aromatic rings. The van der Waals surface area contributed by atoms with Crippen molar-refractivity contribution in [2.75, 3.05) is 7.11 Å². The normalized spacial score (nSPS) is 15.2. The van der Waals surface area contributed by atoms with Crippen molar-refractivity contribution < 1.29 is 23.5 Å². The minimum Gasteiger partial charge on any atom is -0.497 e. The van der Waals surface area contributed by atoms with E-state index in [0.717, 1.165) is 11.1 Å². The lowest BCUT2D eigenvalue weighted by molar-refractivity contribution is -0.143. The Kier molecular flexibility index (Phi) is 7.40. The van der Waals surface area contributed by atoms with Gasteiger partial charge in [0.2, 0.25) is 0 Å². The van der Waals surface area contributed by atoms with E-state index >= 15 is 0 Å². The van der Waals surface area contributed by atoms with E-state index in [-0.39, 0.29) is 17.4 Å². The fourth-order valence-electron chi connectivity index (χ4n) is 4.55. The van der Waals surface area contributed by atoms with Crippen LogP contribution in [0.1, 0.15) is 55.4 Å². The lowest BCUT2D eigenvalue weighted by atomic mass is 9.96. The molecule has 0 aliphatic carbocycles. The smallest absolute Gasteiger partial charge is 0.338 e. The molecule has 1 atom stereocenters. The van der Waals surface area contributed by atoms with Gasteiger partial charge in [0.25, 0.3) is 5.56 Å². The van der Waals surface area contributed by atoms with Gasteiger partial charge in [0.15, 0.2) is 10.6 Å². The van der Waals surface area contributed by atoms with Crippen molar-refractivity contribution in [1.29, 1.82) is 0 Å². The summed E-state index contributed by atoms with van der Waals surface area (Å²) in [6, 6.07) is 17.3. The molecular formula is C31H28N2O6S. The van der Waals surface area contributed by atoms with Crippen molar-refractivity contribution in [3.05, 3.63) is 109 Å². The van der Waals surface area contributed by atoms with E-state index in [9.17, 15) is 14.4 Å². The molecule has 204 valence electrons. The molecule has 0 radical (unpaired) electrons. The maximum absolute atomic E-state index is 13.8. The van der Waals surface area contributed by atoms with Crippen LogP contribution in [0.5, 0.6) is 5.75 Å². The van der Waals surface area contributed by atoms with Crippen molar-refractivity contribution in [2.45, 2.75) is 39.8 Å². The lowest BCUT2D eigenvalue weighted by Gasteiger charge is -2.25. The summed E-state index contributed by atoms with van der Waals surface area (Å²) >= 11 is 1.22. The summed E-state index contributed by atoms with van der Waals surface area (Å²) in [5.41, 5.74) is 2.67. The van der Waals surface area contributed by atoms with Gasteiger partial charge in [-0.1, -0.05) is 47.7 Å². The Balaban J connectivity index is 1.59. The second kappa shape index (κ2) is 10.9. The largest absolute Gasteiger partial charge is 0.497 e. The number of benzene rings is 2. The van der Waals surface area contributed by atoms with Crippen LogP contribution in [0.2, 0.25) is 0 Å². The van der Waals surface area contributed by atoms with E-state index < -0.39 is 12.0 Å². The molecule has 5 rings (SSSR count). The first kappa shape index (κ1) is 27.1. The Bertz CT molecular complexity index is 1800. The SMILES string of the molecule is COc1ccc([C@@H]2C(C(=O)OC(C)C)=C(C)N=c3s/c(=C\c4ccc(-c5ccc(C(C)=O)cc5)o4)c(=O)n32)cc1. The number of allylic oxidation sites excluding steroid dienone is 1. The molecule has 3 heterocycles. The van der Waals surface area contributed by atoms with Gasteiger partial charge in [0, 0.05) is 17.2 Å². The number of methoxy groups -OCH3 is 1. The Labute approximate surface area is 234 Å². The Morgan fingerprint density at radius 1 is 1.05 bits per heavy atom. The van der Waals surface area contributed by atoms with Gasteiger partial charge in [-0.3, -0.25) is 14.2 Å². The van der Waals surface area contributed by atoms with Crippen LogP contribution in [0.4, 0.5) is 0 Å². The highest BCUT2D eigenvalue weighted by molar-refractivity contribution is 7.07. The molecule has 0 bridgehead atoms. The van der Waals surface area contributed by atoms with Crippen molar-refractivity contribution >= 4 is 29.2 Å². The maximum Gasteiger partial charge on any atom is 0.338 e. The summed E-state index contributed by atoms with van der Waals surface area (Å²) < 4.78 is 18.8. The van der Waals surface area contributed by atoms with Gasteiger partial charge in [-0.25, -0.2) is 9.79 Å². The van der Waals surface area contributed by atoms with Gasteiger partial charge in [-0.15, -0.1) is 0 Å². The molecule has 0 unspecified atom stereocenters. The van der Waals surface area contributed by atoms with Crippen LogP contribution in [-0.2, 0) is 9.53 Å². The number of Topliss-reactive ketones (excluding diaryl/α,β-unsaturated/α-hetero) is 1. The Hall–Kier alpha value is -4.50. The number of aromatic nitrogens is 1. The second-order valence-corrected chi connectivity index (χ2v) is 10.7. The first-order valence-corrected chi connectivity index (χ1v) is 13.6. The standard InChI is InChI=1S/C31H28N2O6S/c1-17(2)38-30(36)27-18(3)32-31-33(28(27)22-10-12-23(37-5)13-11-22)29(35)26(40-31)16-24-14-15-25(39-24)21-8-6-20(7-9-21)19(4)34/h6-17,28H,1-5H3/b26-16-/t28-/m1/s1. The highest BCUT2D eigenvalue weighted by Crippen LogP contribution is 2.32. The Morgan fingerprint density at radius 2 is 1.75 bits per heavy atom. The summed E-state index contributed by atoms with van der Waals surface area (Å²) in [7, 11) is 1.58. The van der Waals surface area contributed by atoms with Crippen molar-refractivity contribution in [1.82, 2.24) is 4.57 Å². The number of thiazole rings is 1. The predicted octanol–water partition coefficient (Wildman–Crippen LogP) is 4.66. The highest BCUT2D eigenvalue weighted by Gasteiger charge is 2.33. The first-order chi connectivity index (χ1) is 19.2. The number of ketones is 1. The van der Waals surface area contributed by atoms with Gasteiger partial charge < -0.3 is 13.9 Å². The number of nitrogens with zero attached hydrogens (tertiary/aromatic N) is 2. The lowest BCUT2D eigenvalue weighted by Crippen LogP contribution is -2.40. The molecule has 0 spiro atoms. The summed E-state index contributed by atoms with van der Waals surface area (Å²) in [6.45, 7) is 6.83. The van der Waals surface area contributed by atoms with Crippen LogP contribution in [0.15, 0.2) is 86.1 Å². The number of carbonyl (C=O) groups is 2. The minimum absolute atomic E-state index is 0.00846. The van der Waals surface area contributed by atoms with Crippen LogP contribution >= 0.6 is 11.3 Å². The number of fused-ring (bicyclic) bond motifs is 1. The molecule has 0 saturated heterocycles. The predicted molar refractivity (Wildman–Crippen MR) is 152 cm³/mol. The van der Waals surface area contributed by atoms with Crippen LogP contribution in [0, 0.1) is 0 Å². The zero-order valence-electron chi connectivity index (χ0n) is 22.8. The molecule has 40 heavy (non-hydrogen) atoms. The fourth-order valence-corrected chi connectivity index (χ4v) is 5.57. The van der Waals surface area contributed by atoms with E-state index in [0.29, 0.717) is 43.4 Å². The average molecular weight is 557 g/mol. The van der Waals surface area contributed by atoms with Crippen molar-refractivity contribution in [3.63, 3.8) is 0 Å². The molecule has 0 fully saturated rings. The van der Waals surface area contributed by atoms with Crippen LogP contribution in [-0.4, -0.2) is 29.5 Å².